The third kappa shape index (κ3) is 3.61. The Balaban J connectivity index is 1.73. The molecule has 1 aliphatic rings. The van der Waals surface area contributed by atoms with Crippen LogP contribution in [0.15, 0.2) is 34.4 Å². The Bertz CT molecular complexity index is 1100. The number of nitrogens with zero attached hydrogens (tertiary/aromatic N) is 3. The zero-order valence-electron chi connectivity index (χ0n) is 15.5. The fourth-order valence-electron chi connectivity index (χ4n) is 3.09. The second-order valence-corrected chi connectivity index (χ2v) is 9.02. The molecule has 28 heavy (non-hydrogen) atoms. The van der Waals surface area contributed by atoms with Gasteiger partial charge in [0.15, 0.2) is 22.5 Å². The molecule has 3 aromatic rings. The van der Waals surface area contributed by atoms with Gasteiger partial charge in [-0.05, 0) is 47.2 Å². The molecule has 0 atom stereocenters. The molecular formula is C20H19IN4O2S. The number of pyridine rings is 1. The number of fused-ring (bicyclic) bond motifs is 2. The van der Waals surface area contributed by atoms with Gasteiger partial charge >= 0.3 is 0 Å². The van der Waals surface area contributed by atoms with E-state index in [2.05, 4.69) is 38.1 Å². The SMILES string of the molecule is C#CCCCn1c(Sc2cc3c(cc2I)OC(C)(C)O3)nc2c(N)nccc21. The van der Waals surface area contributed by atoms with Crippen molar-refractivity contribution >= 4 is 51.2 Å². The van der Waals surface area contributed by atoms with Gasteiger partial charge in [-0.15, -0.1) is 12.3 Å². The lowest BCUT2D eigenvalue weighted by atomic mass is 10.3. The Hall–Kier alpha value is -2.12. The zero-order valence-corrected chi connectivity index (χ0v) is 18.5. The molecule has 0 aliphatic carbocycles. The number of halogens is 1. The summed E-state index contributed by atoms with van der Waals surface area (Å²) < 4.78 is 14.9. The van der Waals surface area contributed by atoms with E-state index in [1.165, 1.54) is 0 Å². The predicted molar refractivity (Wildman–Crippen MR) is 119 cm³/mol. The summed E-state index contributed by atoms with van der Waals surface area (Å²) in [5, 5.41) is 0.850. The maximum Gasteiger partial charge on any atom is 0.246 e. The summed E-state index contributed by atoms with van der Waals surface area (Å²) in [5.41, 5.74) is 7.73. The molecule has 0 saturated carbocycles. The molecule has 6 nitrogen and oxygen atoms in total. The summed E-state index contributed by atoms with van der Waals surface area (Å²) in [6.07, 6.45) is 8.70. The smallest absolute Gasteiger partial charge is 0.246 e. The average molecular weight is 506 g/mol. The largest absolute Gasteiger partial charge is 0.449 e. The van der Waals surface area contributed by atoms with Crippen LogP contribution in [0.1, 0.15) is 26.7 Å². The third-order valence-corrected chi connectivity index (χ3v) is 6.58. The van der Waals surface area contributed by atoms with Crippen LogP contribution in [0, 0.1) is 15.9 Å². The zero-order chi connectivity index (χ0) is 19.9. The van der Waals surface area contributed by atoms with E-state index in [4.69, 9.17) is 26.6 Å². The number of rotatable bonds is 5. The molecule has 0 saturated heterocycles. The highest BCUT2D eigenvalue weighted by molar-refractivity contribution is 14.1. The molecule has 4 rings (SSSR count). The first-order chi connectivity index (χ1) is 13.4. The van der Waals surface area contributed by atoms with Crippen LogP contribution in [-0.2, 0) is 6.54 Å². The molecule has 2 aromatic heterocycles. The van der Waals surface area contributed by atoms with E-state index >= 15 is 0 Å². The number of hydrogen-bond donors (Lipinski definition) is 1. The Morgan fingerprint density at radius 1 is 1.32 bits per heavy atom. The molecule has 8 heteroatoms. The Labute approximate surface area is 181 Å². The van der Waals surface area contributed by atoms with Crippen LogP contribution < -0.4 is 15.2 Å². The summed E-state index contributed by atoms with van der Waals surface area (Å²) in [6, 6.07) is 5.93. The number of imidazole rings is 1. The van der Waals surface area contributed by atoms with Gasteiger partial charge in [0, 0.05) is 41.5 Å². The van der Waals surface area contributed by atoms with Crippen molar-refractivity contribution in [2.24, 2.45) is 0 Å². The minimum atomic E-state index is -0.656. The van der Waals surface area contributed by atoms with E-state index in [0.29, 0.717) is 17.8 Å². The van der Waals surface area contributed by atoms with Gasteiger partial charge in [-0.1, -0.05) is 11.8 Å². The Kier molecular flexibility index (Phi) is 5.05. The summed E-state index contributed by atoms with van der Waals surface area (Å²) in [6.45, 7) is 4.56. The van der Waals surface area contributed by atoms with E-state index in [9.17, 15) is 0 Å². The van der Waals surface area contributed by atoms with Gasteiger partial charge in [0.2, 0.25) is 5.79 Å². The van der Waals surface area contributed by atoms with Crippen molar-refractivity contribution < 1.29 is 9.47 Å². The van der Waals surface area contributed by atoms with Gasteiger partial charge < -0.3 is 19.8 Å². The fraction of sp³-hybridized carbons (Fsp3) is 0.300. The topological polar surface area (TPSA) is 75.2 Å². The quantitative estimate of drug-likeness (QED) is 0.308. The molecule has 144 valence electrons. The molecule has 3 heterocycles. The number of unbranched alkanes of at least 4 members (excludes halogenated alkanes) is 1. The van der Waals surface area contributed by atoms with Crippen molar-refractivity contribution in [2.75, 3.05) is 5.73 Å². The minimum Gasteiger partial charge on any atom is -0.449 e. The molecule has 1 aromatic carbocycles. The first-order valence-corrected chi connectivity index (χ1v) is 10.7. The van der Waals surface area contributed by atoms with Crippen LogP contribution in [0.5, 0.6) is 11.5 Å². The molecule has 1 aliphatic heterocycles. The maximum absolute atomic E-state index is 6.05. The number of ether oxygens (including phenoxy) is 2. The minimum absolute atomic E-state index is 0.428. The molecule has 0 radical (unpaired) electrons. The van der Waals surface area contributed by atoms with Crippen molar-refractivity contribution in [3.63, 3.8) is 0 Å². The van der Waals surface area contributed by atoms with Gasteiger partial charge in [0.05, 0.1) is 5.52 Å². The van der Waals surface area contributed by atoms with Crippen molar-refractivity contribution in [3.05, 3.63) is 28.0 Å². The summed E-state index contributed by atoms with van der Waals surface area (Å²) in [7, 11) is 0. The normalized spacial score (nSPS) is 14.4. The number of aromatic nitrogens is 3. The number of aryl methyl sites for hydroxylation is 1. The van der Waals surface area contributed by atoms with Gasteiger partial charge in [-0.2, -0.15) is 0 Å². The molecular weight excluding hydrogens is 487 g/mol. The second-order valence-electron chi connectivity index (χ2n) is 6.85. The van der Waals surface area contributed by atoms with Crippen molar-refractivity contribution in [3.8, 4) is 23.8 Å². The van der Waals surface area contributed by atoms with Crippen molar-refractivity contribution in [1.82, 2.24) is 14.5 Å². The van der Waals surface area contributed by atoms with E-state index in [1.54, 1.807) is 18.0 Å². The number of benzene rings is 1. The summed E-state index contributed by atoms with van der Waals surface area (Å²) in [5.74, 6) is 3.97. The monoisotopic (exact) mass is 506 g/mol. The number of anilines is 1. The predicted octanol–water partition coefficient (Wildman–Crippen LogP) is 4.69. The first-order valence-electron chi connectivity index (χ1n) is 8.81. The number of nitrogen functional groups attached to an aromatic ring is 1. The van der Waals surface area contributed by atoms with Crippen LogP contribution in [0.25, 0.3) is 11.0 Å². The molecule has 0 unspecified atom stereocenters. The van der Waals surface area contributed by atoms with Crippen molar-refractivity contribution in [2.45, 2.75) is 49.1 Å². The lowest BCUT2D eigenvalue weighted by Crippen LogP contribution is -2.29. The van der Waals surface area contributed by atoms with Crippen molar-refractivity contribution in [1.29, 1.82) is 0 Å². The van der Waals surface area contributed by atoms with Crippen LogP contribution >= 0.6 is 34.4 Å². The van der Waals surface area contributed by atoms with Gasteiger partial charge in [-0.3, -0.25) is 0 Å². The standard InChI is InChI=1S/C20H19IN4O2S/c1-4-5-6-9-25-13-7-8-23-18(22)17(13)24-19(25)28-16-11-15-14(10-12(16)21)26-20(2,3)27-15/h1,7-8,10-11H,5-6,9H2,2-3H3,(H2,22,23). The summed E-state index contributed by atoms with van der Waals surface area (Å²) >= 11 is 3.88. The Morgan fingerprint density at radius 2 is 2.07 bits per heavy atom. The number of hydrogen-bond acceptors (Lipinski definition) is 6. The third-order valence-electron chi connectivity index (χ3n) is 4.27. The van der Waals surface area contributed by atoms with Gasteiger partial charge in [0.25, 0.3) is 0 Å². The number of terminal acetylenes is 1. The molecule has 0 bridgehead atoms. The summed E-state index contributed by atoms with van der Waals surface area (Å²) in [4.78, 5) is 9.97. The molecule has 0 fully saturated rings. The van der Waals surface area contributed by atoms with E-state index in [1.807, 2.05) is 32.0 Å². The number of nitrogens with two attached hydrogens (primary N) is 1. The van der Waals surface area contributed by atoms with Crippen LogP contribution in [-0.4, -0.2) is 20.3 Å². The Morgan fingerprint density at radius 3 is 2.82 bits per heavy atom. The second kappa shape index (κ2) is 7.37. The first kappa shape index (κ1) is 19.2. The van der Waals surface area contributed by atoms with Crippen LogP contribution in [0.3, 0.4) is 0 Å². The van der Waals surface area contributed by atoms with E-state index in [0.717, 1.165) is 43.6 Å². The molecule has 0 spiro atoms. The van der Waals surface area contributed by atoms with E-state index in [-0.39, 0.29) is 0 Å². The highest BCUT2D eigenvalue weighted by Gasteiger charge is 2.32. The fourth-order valence-corrected chi connectivity index (χ4v) is 4.81. The highest BCUT2D eigenvalue weighted by Crippen LogP contribution is 2.45. The lowest BCUT2D eigenvalue weighted by Gasteiger charge is -2.16. The van der Waals surface area contributed by atoms with Gasteiger partial charge in [0.1, 0.15) is 5.52 Å². The van der Waals surface area contributed by atoms with Gasteiger partial charge in [-0.25, -0.2) is 9.97 Å². The highest BCUT2D eigenvalue weighted by atomic mass is 127. The molecule has 2 N–H and O–H groups in total. The lowest BCUT2D eigenvalue weighted by molar-refractivity contribution is -0.0432. The average Bonchev–Trinajstić information content (AvgIpc) is 3.12. The van der Waals surface area contributed by atoms with Crippen LogP contribution in [0.2, 0.25) is 0 Å². The van der Waals surface area contributed by atoms with Crippen LogP contribution in [0.4, 0.5) is 5.82 Å². The molecule has 0 amide bonds. The maximum atomic E-state index is 6.05. The van der Waals surface area contributed by atoms with E-state index < -0.39 is 5.79 Å².